The molecule has 9 heteroatoms. The lowest BCUT2D eigenvalue weighted by Crippen LogP contribution is -2.19. The number of hydrogen-bond acceptors (Lipinski definition) is 7. The summed E-state index contributed by atoms with van der Waals surface area (Å²) in [6.07, 6.45) is 0. The van der Waals surface area contributed by atoms with Gasteiger partial charge >= 0.3 is 0 Å². The number of nitriles is 2. The van der Waals surface area contributed by atoms with E-state index in [1.165, 1.54) is 20.3 Å². The first kappa shape index (κ1) is 18.9. The summed E-state index contributed by atoms with van der Waals surface area (Å²) in [5.74, 6) is 0.973. The van der Waals surface area contributed by atoms with E-state index in [1.54, 1.807) is 18.2 Å². The Labute approximate surface area is 154 Å². The number of hydrogen-bond donors (Lipinski definition) is 2. The van der Waals surface area contributed by atoms with Crippen LogP contribution in [0, 0.1) is 22.7 Å². The van der Waals surface area contributed by atoms with Crippen LogP contribution in [-0.2, 0) is 4.79 Å². The van der Waals surface area contributed by atoms with Crippen molar-refractivity contribution in [3.63, 3.8) is 0 Å². The SMILES string of the molecule is COc1ccc(NC(=O)CSc2[nH+]c(N)c(C#N)cc2C#N)cc1OC. The van der Waals surface area contributed by atoms with Gasteiger partial charge in [-0.05, 0) is 18.2 Å². The number of aromatic nitrogens is 1. The van der Waals surface area contributed by atoms with Crippen molar-refractivity contribution in [2.75, 3.05) is 31.0 Å². The van der Waals surface area contributed by atoms with E-state index < -0.39 is 0 Å². The average molecular weight is 370 g/mol. The van der Waals surface area contributed by atoms with Gasteiger partial charge < -0.3 is 14.8 Å². The lowest BCUT2D eigenvalue weighted by Gasteiger charge is -2.10. The first-order valence-corrected chi connectivity index (χ1v) is 8.31. The van der Waals surface area contributed by atoms with Gasteiger partial charge in [0.05, 0.1) is 20.0 Å². The van der Waals surface area contributed by atoms with Crippen LogP contribution in [0.2, 0.25) is 0 Å². The highest BCUT2D eigenvalue weighted by molar-refractivity contribution is 7.99. The number of pyridine rings is 1. The number of carbonyl (C=O) groups excluding carboxylic acids is 1. The molecule has 132 valence electrons. The van der Waals surface area contributed by atoms with E-state index in [4.69, 9.17) is 20.5 Å². The molecule has 2 rings (SSSR count). The van der Waals surface area contributed by atoms with Crippen LogP contribution < -0.4 is 25.5 Å². The van der Waals surface area contributed by atoms with E-state index in [-0.39, 0.29) is 28.6 Å². The molecule has 1 heterocycles. The second kappa shape index (κ2) is 8.60. The molecule has 0 saturated heterocycles. The number of carbonyl (C=O) groups is 1. The molecule has 0 aliphatic rings. The smallest absolute Gasteiger partial charge is 0.289 e. The van der Waals surface area contributed by atoms with Gasteiger partial charge in [0.25, 0.3) is 5.82 Å². The van der Waals surface area contributed by atoms with Crippen molar-refractivity contribution in [2.24, 2.45) is 0 Å². The monoisotopic (exact) mass is 370 g/mol. The topological polar surface area (TPSA) is 135 Å². The zero-order valence-electron chi connectivity index (χ0n) is 14.1. The zero-order valence-corrected chi connectivity index (χ0v) is 14.9. The number of anilines is 2. The minimum atomic E-state index is -0.276. The predicted molar refractivity (Wildman–Crippen MR) is 95.7 cm³/mol. The molecule has 0 bridgehead atoms. The van der Waals surface area contributed by atoms with Gasteiger partial charge in [-0.15, -0.1) is 0 Å². The minimum Gasteiger partial charge on any atom is -0.493 e. The average Bonchev–Trinajstić information content (AvgIpc) is 2.66. The lowest BCUT2D eigenvalue weighted by molar-refractivity contribution is -0.410. The van der Waals surface area contributed by atoms with Gasteiger partial charge in [0.15, 0.2) is 16.5 Å². The van der Waals surface area contributed by atoms with E-state index in [1.807, 2.05) is 12.1 Å². The van der Waals surface area contributed by atoms with E-state index in [2.05, 4.69) is 10.3 Å². The van der Waals surface area contributed by atoms with Crippen LogP contribution in [0.25, 0.3) is 0 Å². The molecule has 2 aromatic rings. The van der Waals surface area contributed by atoms with Gasteiger partial charge in [0, 0.05) is 11.8 Å². The molecule has 1 amide bonds. The second-order valence-electron chi connectivity index (χ2n) is 4.97. The third kappa shape index (κ3) is 4.35. The van der Waals surface area contributed by atoms with Crippen LogP contribution in [0.5, 0.6) is 11.5 Å². The molecule has 0 spiro atoms. The summed E-state index contributed by atoms with van der Waals surface area (Å²) >= 11 is 1.11. The number of nitrogen functional groups attached to an aromatic ring is 1. The molecule has 8 nitrogen and oxygen atoms in total. The van der Waals surface area contributed by atoms with Crippen molar-refractivity contribution in [3.05, 3.63) is 35.4 Å². The van der Waals surface area contributed by atoms with Crippen molar-refractivity contribution in [3.8, 4) is 23.6 Å². The maximum absolute atomic E-state index is 12.2. The maximum Gasteiger partial charge on any atom is 0.289 e. The molecule has 1 aromatic heterocycles. The number of nitrogens with two attached hydrogens (primary N) is 1. The Hall–Kier alpha value is -3.43. The molecule has 26 heavy (non-hydrogen) atoms. The highest BCUT2D eigenvalue weighted by Crippen LogP contribution is 2.30. The standard InChI is InChI=1S/C17H15N5O3S/c1-24-13-4-3-12(6-14(13)25-2)21-15(23)9-26-17-11(8-19)5-10(7-18)16(20)22-17/h3-6H,9H2,1-2H3,(H2,20,22)(H,21,23)/p+1. The third-order valence-electron chi connectivity index (χ3n) is 3.33. The minimum absolute atomic E-state index is 0.0465. The Bertz CT molecular complexity index is 918. The molecule has 0 aliphatic heterocycles. The summed E-state index contributed by atoms with van der Waals surface area (Å²) < 4.78 is 10.3. The number of H-pyrrole nitrogens is 1. The van der Waals surface area contributed by atoms with E-state index in [9.17, 15) is 10.1 Å². The summed E-state index contributed by atoms with van der Waals surface area (Å²) in [6.45, 7) is 0. The molecule has 0 radical (unpaired) electrons. The zero-order chi connectivity index (χ0) is 19.1. The van der Waals surface area contributed by atoms with E-state index in [0.717, 1.165) is 11.8 Å². The normalized spacial score (nSPS) is 9.69. The van der Waals surface area contributed by atoms with Crippen molar-refractivity contribution in [2.45, 2.75) is 5.03 Å². The highest BCUT2D eigenvalue weighted by Gasteiger charge is 2.16. The Balaban J connectivity index is 2.07. The molecular formula is C17H16N5O3S+. The quantitative estimate of drug-likeness (QED) is 0.737. The number of nitrogens with zero attached hydrogens (tertiary/aromatic N) is 2. The highest BCUT2D eigenvalue weighted by atomic mass is 32.2. The maximum atomic E-state index is 12.2. The molecule has 0 unspecified atom stereocenters. The number of rotatable bonds is 6. The molecule has 0 aliphatic carbocycles. The number of ether oxygens (including phenoxy) is 2. The van der Waals surface area contributed by atoms with Crippen LogP contribution in [0.15, 0.2) is 29.3 Å². The van der Waals surface area contributed by atoms with Crippen LogP contribution in [0.1, 0.15) is 11.1 Å². The molecule has 4 N–H and O–H groups in total. The summed E-state index contributed by atoms with van der Waals surface area (Å²) in [4.78, 5) is 14.9. The Morgan fingerprint density at radius 2 is 1.88 bits per heavy atom. The fraction of sp³-hybridized carbons (Fsp3) is 0.176. The van der Waals surface area contributed by atoms with Crippen LogP contribution in [-0.4, -0.2) is 25.9 Å². The van der Waals surface area contributed by atoms with E-state index in [0.29, 0.717) is 22.2 Å². The number of benzene rings is 1. The molecule has 0 saturated carbocycles. The van der Waals surface area contributed by atoms with Gasteiger partial charge in [0.2, 0.25) is 5.91 Å². The molecule has 0 atom stereocenters. The number of methoxy groups -OCH3 is 2. The Morgan fingerprint density at radius 1 is 1.19 bits per heavy atom. The van der Waals surface area contributed by atoms with Crippen LogP contribution >= 0.6 is 11.8 Å². The summed E-state index contributed by atoms with van der Waals surface area (Å²) in [5.41, 5.74) is 6.70. The summed E-state index contributed by atoms with van der Waals surface area (Å²) in [7, 11) is 3.03. The van der Waals surface area contributed by atoms with Crippen LogP contribution in [0.4, 0.5) is 11.5 Å². The van der Waals surface area contributed by atoms with Crippen molar-refractivity contribution >= 4 is 29.2 Å². The summed E-state index contributed by atoms with van der Waals surface area (Å²) in [6, 6.07) is 10.3. The fourth-order valence-electron chi connectivity index (χ4n) is 2.08. The van der Waals surface area contributed by atoms with Gasteiger partial charge in [-0.2, -0.15) is 10.5 Å². The van der Waals surface area contributed by atoms with E-state index >= 15 is 0 Å². The van der Waals surface area contributed by atoms with Gasteiger partial charge in [-0.25, -0.2) is 4.98 Å². The number of aromatic amines is 1. The van der Waals surface area contributed by atoms with Crippen molar-refractivity contribution in [1.82, 2.24) is 0 Å². The number of amides is 1. The first-order valence-electron chi connectivity index (χ1n) is 7.33. The van der Waals surface area contributed by atoms with Crippen molar-refractivity contribution in [1.29, 1.82) is 10.5 Å². The molecular weight excluding hydrogens is 354 g/mol. The lowest BCUT2D eigenvalue weighted by atomic mass is 10.2. The predicted octanol–water partition coefficient (Wildman–Crippen LogP) is 1.57. The molecule has 0 fully saturated rings. The second-order valence-corrected chi connectivity index (χ2v) is 5.96. The summed E-state index contributed by atoms with van der Waals surface area (Å²) in [5, 5.41) is 21.3. The Morgan fingerprint density at radius 3 is 2.50 bits per heavy atom. The largest absolute Gasteiger partial charge is 0.493 e. The fourth-order valence-corrected chi connectivity index (χ4v) is 2.87. The van der Waals surface area contributed by atoms with Gasteiger partial charge in [-0.1, -0.05) is 11.8 Å². The number of thioether (sulfide) groups is 1. The molecule has 1 aromatic carbocycles. The Kier molecular flexibility index (Phi) is 6.25. The number of nitrogens with one attached hydrogen (secondary N) is 2. The van der Waals surface area contributed by atoms with Gasteiger partial charge in [0.1, 0.15) is 23.3 Å². The van der Waals surface area contributed by atoms with Crippen molar-refractivity contribution < 1.29 is 19.3 Å². The third-order valence-corrected chi connectivity index (χ3v) is 4.34. The van der Waals surface area contributed by atoms with Crippen LogP contribution in [0.3, 0.4) is 0 Å². The first-order chi connectivity index (χ1) is 12.5. The van der Waals surface area contributed by atoms with Gasteiger partial charge in [-0.3, -0.25) is 10.5 Å².